The summed E-state index contributed by atoms with van der Waals surface area (Å²) < 4.78 is 0. The van der Waals surface area contributed by atoms with Crippen molar-refractivity contribution < 1.29 is 0 Å². The zero-order valence-electron chi connectivity index (χ0n) is 6.06. The maximum absolute atomic E-state index is 3.74. The third-order valence-corrected chi connectivity index (χ3v) is 1.05. The van der Waals surface area contributed by atoms with Gasteiger partial charge < -0.3 is 0 Å². The van der Waals surface area contributed by atoms with Gasteiger partial charge in [-0.1, -0.05) is 44.7 Å². The van der Waals surface area contributed by atoms with Crippen molar-refractivity contribution in [3.05, 3.63) is 37.0 Å². The molecule has 0 aromatic carbocycles. The highest BCUT2D eigenvalue weighted by atomic mass is 13.8. The van der Waals surface area contributed by atoms with Gasteiger partial charge in [0.2, 0.25) is 0 Å². The first-order chi connectivity index (χ1) is 4.31. The van der Waals surface area contributed by atoms with Crippen LogP contribution < -0.4 is 0 Å². The number of rotatable bonds is 4. The van der Waals surface area contributed by atoms with Crippen LogP contribution in [0.2, 0.25) is 0 Å². The molecule has 0 N–H and O–H groups in total. The van der Waals surface area contributed by atoms with Crippen LogP contribution in [0.1, 0.15) is 19.8 Å². The quantitative estimate of drug-likeness (QED) is 0.503. The molecule has 50 valence electrons. The summed E-state index contributed by atoms with van der Waals surface area (Å²) in [6.07, 6.45) is 8.19. The van der Waals surface area contributed by atoms with Gasteiger partial charge in [-0.25, -0.2) is 0 Å². The molecule has 0 aromatic rings. The average Bonchev–Trinajstić information content (AvgIpc) is 1.89. The van der Waals surface area contributed by atoms with E-state index in [9.17, 15) is 0 Å². The third-order valence-electron chi connectivity index (χ3n) is 1.05. The molecule has 0 spiro atoms. The molecule has 0 aromatic heterocycles. The Bertz CT molecular complexity index is 118. The lowest BCUT2D eigenvalue weighted by Gasteiger charge is -1.85. The Morgan fingerprint density at radius 2 is 2.22 bits per heavy atom. The van der Waals surface area contributed by atoms with Crippen molar-refractivity contribution in [2.45, 2.75) is 19.8 Å². The highest BCUT2D eigenvalue weighted by molar-refractivity contribution is 5.24. The number of allylic oxidation sites excluding steroid dienone is 4. The molecule has 0 aliphatic carbocycles. The summed E-state index contributed by atoms with van der Waals surface area (Å²) in [5, 5.41) is 0. The summed E-state index contributed by atoms with van der Waals surface area (Å²) in [7, 11) is 0. The molecule has 0 amide bonds. The van der Waals surface area contributed by atoms with Gasteiger partial charge in [-0.05, 0) is 12.0 Å². The monoisotopic (exact) mass is 122 g/mol. The van der Waals surface area contributed by atoms with E-state index in [1.165, 1.54) is 6.42 Å². The molecule has 0 atom stereocenters. The summed E-state index contributed by atoms with van der Waals surface area (Å²) in [5.41, 5.74) is 0.989. The van der Waals surface area contributed by atoms with E-state index in [-0.39, 0.29) is 0 Å². The van der Waals surface area contributed by atoms with Crippen LogP contribution in [0.4, 0.5) is 0 Å². The van der Waals surface area contributed by atoms with E-state index in [4.69, 9.17) is 0 Å². The lowest BCUT2D eigenvalue weighted by Crippen LogP contribution is -1.64. The number of unbranched alkanes of at least 4 members (excludes halogenated alkanes) is 1. The predicted octanol–water partition coefficient (Wildman–Crippen LogP) is 3.08. The van der Waals surface area contributed by atoms with Crippen LogP contribution in [0, 0.1) is 0 Å². The lowest BCUT2D eigenvalue weighted by atomic mass is 10.2. The first-order valence-electron chi connectivity index (χ1n) is 3.29. The molecule has 0 saturated carbocycles. The van der Waals surface area contributed by atoms with E-state index in [1.807, 2.05) is 6.08 Å². The minimum atomic E-state index is 0.989. The van der Waals surface area contributed by atoms with Gasteiger partial charge >= 0.3 is 0 Å². The molecule has 0 bridgehead atoms. The van der Waals surface area contributed by atoms with Crippen molar-refractivity contribution in [1.29, 1.82) is 0 Å². The van der Waals surface area contributed by atoms with E-state index in [0.717, 1.165) is 12.0 Å². The van der Waals surface area contributed by atoms with Gasteiger partial charge in [0.05, 0.1) is 0 Å². The molecule has 0 saturated heterocycles. The normalized spacial score (nSPS) is 9.89. The van der Waals surface area contributed by atoms with Crippen LogP contribution in [0.15, 0.2) is 37.0 Å². The topological polar surface area (TPSA) is 0 Å². The average molecular weight is 122 g/mol. The highest BCUT2D eigenvalue weighted by Gasteiger charge is 1.75. The van der Waals surface area contributed by atoms with Gasteiger partial charge in [0.25, 0.3) is 0 Å². The van der Waals surface area contributed by atoms with Crippen molar-refractivity contribution in [2.75, 3.05) is 0 Å². The van der Waals surface area contributed by atoms with Gasteiger partial charge in [-0.3, -0.25) is 0 Å². The largest absolute Gasteiger partial charge is 0.0985 e. The van der Waals surface area contributed by atoms with E-state index in [2.05, 4.69) is 26.2 Å². The summed E-state index contributed by atoms with van der Waals surface area (Å²) in [6, 6.07) is 0. The predicted molar refractivity (Wildman–Crippen MR) is 43.4 cm³/mol. The van der Waals surface area contributed by atoms with Gasteiger partial charge in [0.15, 0.2) is 0 Å². The molecule has 0 heteroatoms. The Hall–Kier alpha value is -0.780. The molecular formula is C9H14. The summed E-state index contributed by atoms with van der Waals surface area (Å²) in [4.78, 5) is 0. The zero-order chi connectivity index (χ0) is 7.11. The molecule has 0 radical (unpaired) electrons. The van der Waals surface area contributed by atoms with E-state index in [1.54, 1.807) is 6.08 Å². The van der Waals surface area contributed by atoms with Crippen molar-refractivity contribution >= 4 is 0 Å². The fourth-order valence-corrected chi connectivity index (χ4v) is 0.469. The van der Waals surface area contributed by atoms with Crippen LogP contribution in [-0.4, -0.2) is 0 Å². The molecule has 0 nitrogen and oxygen atoms in total. The molecule has 0 fully saturated rings. The van der Waals surface area contributed by atoms with Crippen molar-refractivity contribution in [1.82, 2.24) is 0 Å². The second kappa shape index (κ2) is 5.36. The van der Waals surface area contributed by atoms with Crippen LogP contribution in [0.3, 0.4) is 0 Å². The molecule has 0 heterocycles. The second-order valence-corrected chi connectivity index (χ2v) is 1.97. The van der Waals surface area contributed by atoms with E-state index in [0.29, 0.717) is 0 Å². The molecule has 0 rings (SSSR count). The Morgan fingerprint density at radius 1 is 1.56 bits per heavy atom. The Labute approximate surface area is 57.6 Å². The first kappa shape index (κ1) is 8.22. The second-order valence-electron chi connectivity index (χ2n) is 1.97. The van der Waals surface area contributed by atoms with Gasteiger partial charge in [-0.15, -0.1) is 0 Å². The third kappa shape index (κ3) is 5.09. The van der Waals surface area contributed by atoms with Gasteiger partial charge in [-0.2, -0.15) is 0 Å². The van der Waals surface area contributed by atoms with Gasteiger partial charge in [0, 0.05) is 0 Å². The Kier molecular flexibility index (Phi) is 4.89. The molecule has 9 heavy (non-hydrogen) atoms. The number of hydrogen-bond acceptors (Lipinski definition) is 0. The standard InChI is InChI=1S/C9H14/c1-4-6-7-8-9(3)5-2/h5,7-8H,2-4,6H2,1H3. The first-order valence-corrected chi connectivity index (χ1v) is 3.29. The maximum Gasteiger partial charge on any atom is -0.0338 e. The van der Waals surface area contributed by atoms with Crippen LogP contribution >= 0.6 is 0 Å². The zero-order valence-corrected chi connectivity index (χ0v) is 6.06. The maximum atomic E-state index is 3.74. The van der Waals surface area contributed by atoms with Crippen LogP contribution in [0.25, 0.3) is 0 Å². The van der Waals surface area contributed by atoms with Crippen LogP contribution in [0.5, 0.6) is 0 Å². The minimum Gasteiger partial charge on any atom is -0.0985 e. The van der Waals surface area contributed by atoms with Crippen molar-refractivity contribution in [2.24, 2.45) is 0 Å². The SMILES string of the molecule is C=CC(=C)C=CCCC. The Morgan fingerprint density at radius 3 is 2.67 bits per heavy atom. The fraction of sp³-hybridized carbons (Fsp3) is 0.333. The minimum absolute atomic E-state index is 0.989. The van der Waals surface area contributed by atoms with Gasteiger partial charge in [0.1, 0.15) is 0 Å². The smallest absolute Gasteiger partial charge is 0.0338 e. The summed E-state index contributed by atoms with van der Waals surface area (Å²) >= 11 is 0. The Balaban J connectivity index is 3.44. The molecule has 0 aliphatic rings. The van der Waals surface area contributed by atoms with Crippen LogP contribution in [-0.2, 0) is 0 Å². The lowest BCUT2D eigenvalue weighted by molar-refractivity contribution is 0.958. The molecular weight excluding hydrogens is 108 g/mol. The molecule has 0 aliphatic heterocycles. The van der Waals surface area contributed by atoms with Crippen molar-refractivity contribution in [3.63, 3.8) is 0 Å². The summed E-state index contributed by atoms with van der Waals surface area (Å²) in [6.45, 7) is 9.48. The molecule has 0 unspecified atom stereocenters. The van der Waals surface area contributed by atoms with E-state index >= 15 is 0 Å². The summed E-state index contributed by atoms with van der Waals surface area (Å²) in [5.74, 6) is 0. The number of hydrogen-bond donors (Lipinski definition) is 0. The van der Waals surface area contributed by atoms with Crippen molar-refractivity contribution in [3.8, 4) is 0 Å². The highest BCUT2D eigenvalue weighted by Crippen LogP contribution is 1.95. The van der Waals surface area contributed by atoms with E-state index < -0.39 is 0 Å². The fourth-order valence-electron chi connectivity index (χ4n) is 0.469.